The van der Waals surface area contributed by atoms with Crippen LogP contribution in [0.2, 0.25) is 0 Å². The Morgan fingerprint density at radius 3 is 2.75 bits per heavy atom. The molecular weight excluding hydrogens is 307 g/mol. The highest BCUT2D eigenvalue weighted by Gasteiger charge is 2.40. The number of carbonyl (C=O) groups is 1. The molecule has 2 aromatic carbocycles. The van der Waals surface area contributed by atoms with E-state index in [1.165, 1.54) is 11.6 Å². The third-order valence-corrected chi connectivity index (χ3v) is 4.56. The van der Waals surface area contributed by atoms with Gasteiger partial charge in [-0.25, -0.2) is 4.39 Å². The topological polar surface area (TPSA) is 46.5 Å². The number of carboxylic acids is 1. The maximum absolute atomic E-state index is 14.4. The summed E-state index contributed by atoms with van der Waals surface area (Å²) in [4.78, 5) is 10.6. The molecule has 1 aliphatic rings. The van der Waals surface area contributed by atoms with E-state index in [2.05, 4.69) is 19.9 Å². The van der Waals surface area contributed by atoms with Crippen molar-refractivity contribution in [2.75, 3.05) is 0 Å². The molecule has 1 N–H and O–H groups in total. The lowest BCUT2D eigenvalue weighted by Gasteiger charge is -2.28. The fourth-order valence-corrected chi connectivity index (χ4v) is 3.35. The molecule has 0 heterocycles. The average molecular weight is 328 g/mol. The summed E-state index contributed by atoms with van der Waals surface area (Å²) in [5.74, 6) is -1.12. The van der Waals surface area contributed by atoms with Crippen LogP contribution in [-0.4, -0.2) is 11.1 Å². The Bertz CT molecular complexity index is 767. The maximum atomic E-state index is 14.4. The first-order valence-corrected chi connectivity index (χ1v) is 8.11. The van der Waals surface area contributed by atoms with E-state index in [0.717, 1.165) is 12.0 Å². The summed E-state index contributed by atoms with van der Waals surface area (Å²) in [5.41, 5.74) is 2.90. The number of hydrogen-bond donors (Lipinski definition) is 1. The van der Waals surface area contributed by atoms with Crippen LogP contribution in [0.3, 0.4) is 0 Å². The molecule has 0 spiro atoms. The number of fused-ring (bicyclic) bond motifs is 1. The number of benzene rings is 2. The number of carboxylic acid groups (broad SMARTS) is 1. The lowest BCUT2D eigenvalue weighted by Crippen LogP contribution is -2.23. The van der Waals surface area contributed by atoms with E-state index < -0.39 is 11.8 Å². The van der Waals surface area contributed by atoms with Crippen molar-refractivity contribution in [3.8, 4) is 5.75 Å². The van der Waals surface area contributed by atoms with Gasteiger partial charge in [-0.1, -0.05) is 44.2 Å². The Morgan fingerprint density at radius 1 is 1.29 bits per heavy atom. The Morgan fingerprint density at radius 2 is 2.04 bits per heavy atom. The van der Waals surface area contributed by atoms with Gasteiger partial charge in [0.25, 0.3) is 0 Å². The van der Waals surface area contributed by atoms with Gasteiger partial charge in [0.2, 0.25) is 0 Å². The molecule has 0 fully saturated rings. The second-order valence-corrected chi connectivity index (χ2v) is 7.02. The molecule has 2 aromatic rings. The molecule has 24 heavy (non-hydrogen) atoms. The second-order valence-electron chi connectivity index (χ2n) is 7.02. The van der Waals surface area contributed by atoms with E-state index in [4.69, 9.17) is 9.84 Å². The molecule has 0 aliphatic heterocycles. The highest BCUT2D eigenvalue weighted by molar-refractivity contribution is 5.67. The fraction of sp³-hybridized carbons (Fsp3) is 0.350. The van der Waals surface area contributed by atoms with Crippen molar-refractivity contribution in [1.82, 2.24) is 0 Å². The molecular formula is C20H21FO3. The van der Waals surface area contributed by atoms with Gasteiger partial charge in [0.05, 0.1) is 0 Å². The molecule has 3 nitrogen and oxygen atoms in total. The summed E-state index contributed by atoms with van der Waals surface area (Å²) in [6, 6.07) is 12.8. The van der Waals surface area contributed by atoms with E-state index in [0.29, 0.717) is 12.0 Å². The van der Waals surface area contributed by atoms with Crippen LogP contribution in [0.5, 0.6) is 5.75 Å². The molecule has 0 bridgehead atoms. The van der Waals surface area contributed by atoms with Crippen LogP contribution in [0.15, 0.2) is 42.5 Å². The summed E-state index contributed by atoms with van der Waals surface area (Å²) >= 11 is 0. The van der Waals surface area contributed by atoms with Crippen molar-refractivity contribution in [1.29, 1.82) is 0 Å². The van der Waals surface area contributed by atoms with Crippen molar-refractivity contribution in [2.24, 2.45) is 5.41 Å². The minimum Gasteiger partial charge on any atom is -0.482 e. The van der Waals surface area contributed by atoms with Gasteiger partial charge in [-0.3, -0.25) is 4.79 Å². The zero-order chi connectivity index (χ0) is 17.3. The zero-order valence-electron chi connectivity index (χ0n) is 13.9. The standard InChI is InChI=1S/C20H21FO3/c1-20(2)12-14-5-3-4-6-15(14)19(20)24-17-9-7-13(11-16(17)21)8-10-18(22)23/h3-7,9,11,19H,8,10,12H2,1-2H3,(H,22,23). The average Bonchev–Trinajstić information content (AvgIpc) is 2.77. The first-order chi connectivity index (χ1) is 11.4. The van der Waals surface area contributed by atoms with Crippen LogP contribution in [0, 0.1) is 11.2 Å². The van der Waals surface area contributed by atoms with Crippen LogP contribution in [0.4, 0.5) is 4.39 Å². The number of aliphatic carboxylic acids is 1. The van der Waals surface area contributed by atoms with E-state index in [1.54, 1.807) is 12.1 Å². The molecule has 0 saturated heterocycles. The lowest BCUT2D eigenvalue weighted by atomic mass is 9.87. The summed E-state index contributed by atoms with van der Waals surface area (Å²) in [5, 5.41) is 8.72. The molecule has 126 valence electrons. The van der Waals surface area contributed by atoms with Crippen LogP contribution >= 0.6 is 0 Å². The van der Waals surface area contributed by atoms with Crippen LogP contribution in [0.25, 0.3) is 0 Å². The molecule has 4 heteroatoms. The van der Waals surface area contributed by atoms with E-state index in [9.17, 15) is 9.18 Å². The molecule has 0 aromatic heterocycles. The Hall–Kier alpha value is -2.36. The summed E-state index contributed by atoms with van der Waals surface area (Å²) in [7, 11) is 0. The van der Waals surface area contributed by atoms with Crippen LogP contribution < -0.4 is 4.74 Å². The minimum absolute atomic E-state index is 0.0112. The van der Waals surface area contributed by atoms with Gasteiger partial charge >= 0.3 is 5.97 Å². The number of ether oxygens (including phenoxy) is 1. The zero-order valence-corrected chi connectivity index (χ0v) is 13.9. The molecule has 0 radical (unpaired) electrons. The second kappa shape index (κ2) is 6.27. The molecule has 0 saturated carbocycles. The lowest BCUT2D eigenvalue weighted by molar-refractivity contribution is -0.136. The van der Waals surface area contributed by atoms with E-state index in [-0.39, 0.29) is 23.7 Å². The molecule has 1 aliphatic carbocycles. The molecule has 1 unspecified atom stereocenters. The van der Waals surface area contributed by atoms with Crippen molar-refractivity contribution in [3.05, 3.63) is 65.0 Å². The third kappa shape index (κ3) is 3.28. The summed E-state index contributed by atoms with van der Waals surface area (Å²) < 4.78 is 20.4. The first-order valence-electron chi connectivity index (χ1n) is 8.11. The van der Waals surface area contributed by atoms with Gasteiger partial charge in [0.15, 0.2) is 11.6 Å². The summed E-state index contributed by atoms with van der Waals surface area (Å²) in [6.07, 6.45) is 0.993. The minimum atomic E-state index is -0.889. The van der Waals surface area contributed by atoms with Gasteiger partial charge in [0, 0.05) is 11.8 Å². The van der Waals surface area contributed by atoms with Crippen LogP contribution in [0.1, 0.15) is 43.1 Å². The van der Waals surface area contributed by atoms with Gasteiger partial charge in [-0.2, -0.15) is 0 Å². The summed E-state index contributed by atoms with van der Waals surface area (Å²) in [6.45, 7) is 4.24. The van der Waals surface area contributed by atoms with Gasteiger partial charge in [-0.15, -0.1) is 0 Å². The van der Waals surface area contributed by atoms with Gasteiger partial charge in [-0.05, 0) is 41.7 Å². The predicted octanol–water partition coefficient (Wildman–Crippen LogP) is 4.55. The van der Waals surface area contributed by atoms with E-state index >= 15 is 0 Å². The number of rotatable bonds is 5. The SMILES string of the molecule is CC1(C)Cc2ccccc2C1Oc1ccc(CCC(=O)O)cc1F. The van der Waals surface area contributed by atoms with Crippen molar-refractivity contribution in [2.45, 2.75) is 39.2 Å². The molecule has 3 rings (SSSR count). The van der Waals surface area contributed by atoms with Crippen molar-refractivity contribution >= 4 is 5.97 Å². The highest BCUT2D eigenvalue weighted by Crippen LogP contribution is 2.47. The number of halogens is 1. The third-order valence-electron chi connectivity index (χ3n) is 4.56. The van der Waals surface area contributed by atoms with Gasteiger partial charge in [0.1, 0.15) is 6.10 Å². The Kier molecular flexibility index (Phi) is 4.31. The Labute approximate surface area is 141 Å². The molecule has 0 amide bonds. The van der Waals surface area contributed by atoms with Crippen molar-refractivity contribution in [3.63, 3.8) is 0 Å². The van der Waals surface area contributed by atoms with Crippen molar-refractivity contribution < 1.29 is 19.0 Å². The quantitative estimate of drug-likeness (QED) is 0.876. The number of aryl methyl sites for hydroxylation is 1. The monoisotopic (exact) mass is 328 g/mol. The maximum Gasteiger partial charge on any atom is 0.303 e. The molecule has 1 atom stereocenters. The normalized spacial score (nSPS) is 18.2. The Balaban J connectivity index is 1.82. The van der Waals surface area contributed by atoms with Gasteiger partial charge < -0.3 is 9.84 Å². The largest absolute Gasteiger partial charge is 0.482 e. The predicted molar refractivity (Wildman–Crippen MR) is 89.7 cm³/mol. The highest BCUT2D eigenvalue weighted by atomic mass is 19.1. The first kappa shape index (κ1) is 16.5. The fourth-order valence-electron chi connectivity index (χ4n) is 3.35. The smallest absolute Gasteiger partial charge is 0.303 e. The number of hydrogen-bond acceptors (Lipinski definition) is 2. The van der Waals surface area contributed by atoms with E-state index in [1.807, 2.05) is 18.2 Å². The van der Waals surface area contributed by atoms with Crippen LogP contribution in [-0.2, 0) is 17.6 Å².